The highest BCUT2D eigenvalue weighted by atomic mass is 16.2. The summed E-state index contributed by atoms with van der Waals surface area (Å²) in [5.41, 5.74) is 5.30. The molecular formula is C22H27N3O3. The monoisotopic (exact) mass is 381 g/mol. The second-order valence-electron chi connectivity index (χ2n) is 7.05. The van der Waals surface area contributed by atoms with E-state index in [1.807, 2.05) is 52.0 Å². The number of carbonyl (C=O) groups is 3. The number of likely N-dealkylation sites (N-methyl/N-ethyl adjacent to an activating group) is 1. The van der Waals surface area contributed by atoms with Crippen molar-refractivity contribution in [2.75, 3.05) is 25.5 Å². The van der Waals surface area contributed by atoms with E-state index in [9.17, 15) is 14.4 Å². The van der Waals surface area contributed by atoms with Gasteiger partial charge in [-0.25, -0.2) is 0 Å². The summed E-state index contributed by atoms with van der Waals surface area (Å²) >= 11 is 0. The molecule has 0 aromatic heterocycles. The molecule has 0 aliphatic heterocycles. The molecule has 0 radical (unpaired) electrons. The molecule has 2 aromatic carbocycles. The number of amides is 3. The Morgan fingerprint density at radius 1 is 0.893 bits per heavy atom. The van der Waals surface area contributed by atoms with Crippen LogP contribution in [0.15, 0.2) is 36.4 Å². The van der Waals surface area contributed by atoms with Crippen molar-refractivity contribution in [3.63, 3.8) is 0 Å². The molecule has 2 rings (SSSR count). The molecule has 2 N–H and O–H groups in total. The first kappa shape index (κ1) is 21.2. The van der Waals surface area contributed by atoms with Crippen LogP contribution in [0.1, 0.15) is 32.6 Å². The fraction of sp³-hybridized carbons (Fsp3) is 0.318. The molecule has 6 nitrogen and oxygen atoms in total. The first-order chi connectivity index (χ1) is 13.2. The zero-order chi connectivity index (χ0) is 20.8. The predicted molar refractivity (Wildman–Crippen MR) is 110 cm³/mol. The topological polar surface area (TPSA) is 78.5 Å². The van der Waals surface area contributed by atoms with Gasteiger partial charge in [0.2, 0.25) is 11.8 Å². The van der Waals surface area contributed by atoms with Crippen molar-refractivity contribution in [1.29, 1.82) is 0 Å². The molecule has 0 saturated carbocycles. The molecule has 2 aromatic rings. The Labute approximate surface area is 165 Å². The minimum atomic E-state index is -0.339. The lowest BCUT2D eigenvalue weighted by molar-refractivity contribution is -0.132. The van der Waals surface area contributed by atoms with Crippen molar-refractivity contribution < 1.29 is 14.4 Å². The Morgan fingerprint density at radius 3 is 2.14 bits per heavy atom. The largest absolute Gasteiger partial charge is 0.343 e. The Bertz CT molecular complexity index is 886. The average Bonchev–Trinajstić information content (AvgIpc) is 2.64. The number of para-hydroxylation sites is 1. The number of anilines is 1. The van der Waals surface area contributed by atoms with Crippen LogP contribution in [0.4, 0.5) is 5.69 Å². The lowest BCUT2D eigenvalue weighted by Gasteiger charge is -2.18. The molecule has 0 saturated heterocycles. The van der Waals surface area contributed by atoms with Crippen molar-refractivity contribution in [3.05, 3.63) is 64.2 Å². The third kappa shape index (κ3) is 5.42. The fourth-order valence-electron chi connectivity index (χ4n) is 2.77. The van der Waals surface area contributed by atoms with Gasteiger partial charge in [0, 0.05) is 18.3 Å². The highest BCUT2D eigenvalue weighted by molar-refractivity contribution is 5.98. The van der Waals surface area contributed by atoms with Gasteiger partial charge < -0.3 is 15.5 Å². The van der Waals surface area contributed by atoms with E-state index in [1.54, 1.807) is 12.1 Å². The summed E-state index contributed by atoms with van der Waals surface area (Å²) < 4.78 is 0. The van der Waals surface area contributed by atoms with Gasteiger partial charge in [0.1, 0.15) is 0 Å². The van der Waals surface area contributed by atoms with Crippen LogP contribution >= 0.6 is 0 Å². The molecule has 148 valence electrons. The van der Waals surface area contributed by atoms with Gasteiger partial charge in [-0.1, -0.05) is 24.3 Å². The zero-order valence-electron chi connectivity index (χ0n) is 17.1. The molecule has 0 heterocycles. The summed E-state index contributed by atoms with van der Waals surface area (Å²) in [6.45, 7) is 7.48. The Morgan fingerprint density at radius 2 is 1.54 bits per heavy atom. The van der Waals surface area contributed by atoms with Crippen LogP contribution in [0.5, 0.6) is 0 Å². The van der Waals surface area contributed by atoms with Crippen molar-refractivity contribution in [3.8, 4) is 0 Å². The number of aryl methyl sites for hydroxylation is 4. The zero-order valence-corrected chi connectivity index (χ0v) is 17.1. The van der Waals surface area contributed by atoms with Gasteiger partial charge in [-0.15, -0.1) is 0 Å². The summed E-state index contributed by atoms with van der Waals surface area (Å²) in [6.07, 6.45) is 0. The molecule has 0 aliphatic rings. The maximum absolute atomic E-state index is 12.3. The van der Waals surface area contributed by atoms with E-state index in [2.05, 4.69) is 10.6 Å². The highest BCUT2D eigenvalue weighted by Crippen LogP contribution is 2.19. The summed E-state index contributed by atoms with van der Waals surface area (Å²) in [6, 6.07) is 11.1. The first-order valence-corrected chi connectivity index (χ1v) is 9.14. The lowest BCUT2D eigenvalue weighted by atomic mass is 10.1. The van der Waals surface area contributed by atoms with E-state index in [0.29, 0.717) is 5.56 Å². The lowest BCUT2D eigenvalue weighted by Crippen LogP contribution is -2.41. The smallest absolute Gasteiger partial charge is 0.251 e. The quantitative estimate of drug-likeness (QED) is 0.808. The van der Waals surface area contributed by atoms with Gasteiger partial charge in [0.25, 0.3) is 5.91 Å². The number of benzene rings is 2. The summed E-state index contributed by atoms with van der Waals surface area (Å²) in [7, 11) is 1.54. The maximum Gasteiger partial charge on any atom is 0.251 e. The number of rotatable bonds is 6. The second-order valence-corrected chi connectivity index (χ2v) is 7.05. The van der Waals surface area contributed by atoms with E-state index in [4.69, 9.17) is 0 Å². The molecule has 3 amide bonds. The number of nitrogens with zero attached hydrogens (tertiary/aromatic N) is 1. The van der Waals surface area contributed by atoms with Crippen LogP contribution in [-0.4, -0.2) is 42.8 Å². The Hall–Kier alpha value is -3.15. The number of carbonyl (C=O) groups excluding carboxylic acids is 3. The van der Waals surface area contributed by atoms with Crippen LogP contribution in [0.2, 0.25) is 0 Å². The van der Waals surface area contributed by atoms with Gasteiger partial charge in [-0.3, -0.25) is 14.4 Å². The third-order valence-electron chi connectivity index (χ3n) is 4.72. The average molecular weight is 381 g/mol. The summed E-state index contributed by atoms with van der Waals surface area (Å²) in [4.78, 5) is 38.0. The third-order valence-corrected chi connectivity index (χ3v) is 4.72. The van der Waals surface area contributed by atoms with E-state index in [-0.39, 0.29) is 30.8 Å². The van der Waals surface area contributed by atoms with E-state index < -0.39 is 0 Å². The standard InChI is InChI=1S/C22H27N3O3/c1-14-9-10-18(11-17(14)4)22(28)23-12-20(27)25(5)13-19(26)24-21-15(2)7-6-8-16(21)3/h6-11H,12-13H2,1-5H3,(H,23,28)(H,24,26). The van der Waals surface area contributed by atoms with E-state index in [0.717, 1.165) is 27.9 Å². The predicted octanol–water partition coefficient (Wildman–Crippen LogP) is 2.75. The first-order valence-electron chi connectivity index (χ1n) is 9.14. The van der Waals surface area contributed by atoms with Gasteiger partial charge in [0.05, 0.1) is 13.1 Å². The van der Waals surface area contributed by atoms with Gasteiger partial charge >= 0.3 is 0 Å². The Balaban J connectivity index is 1.87. The van der Waals surface area contributed by atoms with Gasteiger partial charge in [-0.05, 0) is 62.1 Å². The summed E-state index contributed by atoms with van der Waals surface area (Å²) in [5.74, 6) is -0.938. The van der Waals surface area contributed by atoms with E-state index in [1.165, 1.54) is 11.9 Å². The minimum Gasteiger partial charge on any atom is -0.343 e. The van der Waals surface area contributed by atoms with E-state index >= 15 is 0 Å². The van der Waals surface area contributed by atoms with Crippen molar-refractivity contribution in [2.24, 2.45) is 0 Å². The number of nitrogens with one attached hydrogen (secondary N) is 2. The van der Waals surface area contributed by atoms with Gasteiger partial charge in [0.15, 0.2) is 0 Å². The van der Waals surface area contributed by atoms with Gasteiger partial charge in [-0.2, -0.15) is 0 Å². The molecule has 0 fully saturated rings. The minimum absolute atomic E-state index is 0.0912. The molecule has 28 heavy (non-hydrogen) atoms. The normalized spacial score (nSPS) is 10.3. The Kier molecular flexibility index (Phi) is 6.93. The molecule has 0 atom stereocenters. The maximum atomic E-state index is 12.3. The van der Waals surface area contributed by atoms with Crippen LogP contribution in [0.3, 0.4) is 0 Å². The fourth-order valence-corrected chi connectivity index (χ4v) is 2.77. The molecule has 0 aliphatic carbocycles. The van der Waals surface area contributed by atoms with Crippen molar-refractivity contribution in [1.82, 2.24) is 10.2 Å². The molecular weight excluding hydrogens is 354 g/mol. The SMILES string of the molecule is Cc1ccc(C(=O)NCC(=O)N(C)CC(=O)Nc2c(C)cccc2C)cc1C. The molecule has 0 unspecified atom stereocenters. The van der Waals surface area contributed by atoms with Crippen molar-refractivity contribution >= 4 is 23.4 Å². The highest BCUT2D eigenvalue weighted by Gasteiger charge is 2.16. The van der Waals surface area contributed by atoms with Crippen molar-refractivity contribution in [2.45, 2.75) is 27.7 Å². The molecule has 6 heteroatoms. The number of hydrogen-bond acceptors (Lipinski definition) is 3. The number of hydrogen-bond donors (Lipinski definition) is 2. The van der Waals surface area contributed by atoms with Crippen LogP contribution < -0.4 is 10.6 Å². The second kappa shape index (κ2) is 9.17. The van der Waals surface area contributed by atoms with Crippen LogP contribution in [0, 0.1) is 27.7 Å². The van der Waals surface area contributed by atoms with Crippen LogP contribution in [-0.2, 0) is 9.59 Å². The molecule has 0 bridgehead atoms. The molecule has 0 spiro atoms. The van der Waals surface area contributed by atoms with Crippen LogP contribution in [0.25, 0.3) is 0 Å². The summed E-state index contributed by atoms with van der Waals surface area (Å²) in [5, 5.41) is 5.45.